The highest BCUT2D eigenvalue weighted by molar-refractivity contribution is 6.03. The van der Waals surface area contributed by atoms with Crippen molar-refractivity contribution < 1.29 is 14.3 Å². The molecule has 0 spiro atoms. The number of carbonyl (C=O) groups is 2. The first-order chi connectivity index (χ1) is 14.5. The zero-order valence-electron chi connectivity index (χ0n) is 16.5. The zero-order chi connectivity index (χ0) is 21.3. The highest BCUT2D eigenvalue weighted by Gasteiger charge is 2.09. The molecule has 0 saturated carbocycles. The normalized spacial score (nSPS) is 10.9. The summed E-state index contributed by atoms with van der Waals surface area (Å²) in [6.07, 6.45) is 0. The van der Waals surface area contributed by atoms with E-state index in [-0.39, 0.29) is 12.5 Å². The minimum Gasteiger partial charge on any atom is -0.484 e. The number of anilines is 2. The Labute approximate surface area is 174 Å². The van der Waals surface area contributed by atoms with Crippen LogP contribution in [-0.2, 0) is 4.79 Å². The molecule has 7 heteroatoms. The second-order valence-corrected chi connectivity index (χ2v) is 6.46. The molecule has 3 aromatic carbocycles. The van der Waals surface area contributed by atoms with Gasteiger partial charge in [-0.1, -0.05) is 42.5 Å². The van der Waals surface area contributed by atoms with Crippen molar-refractivity contribution in [3.63, 3.8) is 0 Å². The van der Waals surface area contributed by atoms with Gasteiger partial charge in [0.1, 0.15) is 5.75 Å². The molecule has 0 aliphatic rings. The summed E-state index contributed by atoms with van der Waals surface area (Å²) < 4.78 is 5.44. The molecule has 0 aliphatic heterocycles. The molecule has 0 saturated heterocycles. The third-order valence-electron chi connectivity index (χ3n) is 4.21. The van der Waals surface area contributed by atoms with Crippen molar-refractivity contribution >= 4 is 28.9 Å². The van der Waals surface area contributed by atoms with Crippen LogP contribution in [-0.4, -0.2) is 24.1 Å². The number of nitrogens with one attached hydrogen (secondary N) is 2. The highest BCUT2D eigenvalue weighted by Crippen LogP contribution is 2.13. The molecule has 2 amide bonds. The predicted molar refractivity (Wildman–Crippen MR) is 118 cm³/mol. The van der Waals surface area contributed by atoms with Crippen LogP contribution in [0.5, 0.6) is 5.75 Å². The number of rotatable bonds is 7. The molecule has 0 heterocycles. The SMILES string of the molecule is CC(=NNC(=O)c1ccccc1N)c1cccc(NC(=O)COc2ccccc2)c1. The standard InChI is InChI=1S/C23H22N4O3/c1-16(26-27-23(29)20-12-5-6-13-21(20)24)17-8-7-9-18(14-17)25-22(28)15-30-19-10-3-2-4-11-19/h2-14H,15,24H2,1H3,(H,25,28)(H,27,29). The van der Waals surface area contributed by atoms with Crippen LogP contribution in [0, 0.1) is 0 Å². The van der Waals surface area contributed by atoms with Gasteiger partial charge in [-0.15, -0.1) is 0 Å². The van der Waals surface area contributed by atoms with Crippen molar-refractivity contribution in [1.29, 1.82) is 0 Å². The summed E-state index contributed by atoms with van der Waals surface area (Å²) in [4.78, 5) is 24.4. The minimum atomic E-state index is -0.394. The Morgan fingerprint density at radius 2 is 1.70 bits per heavy atom. The second kappa shape index (κ2) is 9.88. The Morgan fingerprint density at radius 1 is 0.967 bits per heavy atom. The lowest BCUT2D eigenvalue weighted by Gasteiger charge is -2.09. The first-order valence-electron chi connectivity index (χ1n) is 9.30. The Morgan fingerprint density at radius 3 is 2.47 bits per heavy atom. The molecule has 0 unspecified atom stereocenters. The Hall–Kier alpha value is -4.13. The summed E-state index contributed by atoms with van der Waals surface area (Å²) in [5, 5.41) is 6.92. The first kappa shape index (κ1) is 20.6. The lowest BCUT2D eigenvalue weighted by molar-refractivity contribution is -0.118. The fraction of sp³-hybridized carbons (Fsp3) is 0.0870. The summed E-state index contributed by atoms with van der Waals surface area (Å²) in [5.74, 6) is -0.0485. The predicted octanol–water partition coefficient (Wildman–Crippen LogP) is 3.44. The fourth-order valence-electron chi connectivity index (χ4n) is 2.65. The van der Waals surface area contributed by atoms with Crippen molar-refractivity contribution in [2.75, 3.05) is 17.7 Å². The number of hydrogen-bond acceptors (Lipinski definition) is 5. The summed E-state index contributed by atoms with van der Waals surface area (Å²) >= 11 is 0. The molecule has 3 aromatic rings. The van der Waals surface area contributed by atoms with Crippen molar-refractivity contribution in [3.05, 3.63) is 90.0 Å². The van der Waals surface area contributed by atoms with Crippen LogP contribution in [0.2, 0.25) is 0 Å². The fourth-order valence-corrected chi connectivity index (χ4v) is 2.65. The van der Waals surface area contributed by atoms with Gasteiger partial charge < -0.3 is 15.8 Å². The Balaban J connectivity index is 1.59. The van der Waals surface area contributed by atoms with Gasteiger partial charge in [0.05, 0.1) is 11.3 Å². The Bertz CT molecular complexity index is 1060. The third kappa shape index (κ3) is 5.68. The molecular weight excluding hydrogens is 380 g/mol. The van der Waals surface area contributed by atoms with Crippen molar-refractivity contribution in [3.8, 4) is 5.75 Å². The van der Waals surface area contributed by atoms with E-state index in [4.69, 9.17) is 10.5 Å². The molecule has 0 atom stereocenters. The molecule has 3 rings (SSSR count). The monoisotopic (exact) mass is 402 g/mol. The van der Waals surface area contributed by atoms with Gasteiger partial charge in [-0.3, -0.25) is 9.59 Å². The van der Waals surface area contributed by atoms with Gasteiger partial charge in [-0.25, -0.2) is 5.43 Å². The van der Waals surface area contributed by atoms with Gasteiger partial charge in [-0.2, -0.15) is 5.10 Å². The van der Waals surface area contributed by atoms with E-state index < -0.39 is 5.91 Å². The molecule has 30 heavy (non-hydrogen) atoms. The lowest BCUT2D eigenvalue weighted by atomic mass is 10.1. The van der Waals surface area contributed by atoms with Crippen LogP contribution < -0.4 is 21.2 Å². The average molecular weight is 402 g/mol. The third-order valence-corrected chi connectivity index (χ3v) is 4.21. The van der Waals surface area contributed by atoms with E-state index in [0.29, 0.717) is 28.4 Å². The van der Waals surface area contributed by atoms with Crippen LogP contribution in [0.3, 0.4) is 0 Å². The maximum absolute atomic E-state index is 12.2. The summed E-state index contributed by atoms with van der Waals surface area (Å²) in [6.45, 7) is 1.66. The van der Waals surface area contributed by atoms with E-state index in [9.17, 15) is 9.59 Å². The van der Waals surface area contributed by atoms with E-state index >= 15 is 0 Å². The summed E-state index contributed by atoms with van der Waals surface area (Å²) in [5.41, 5.74) is 11.0. The van der Waals surface area contributed by atoms with Crippen LogP contribution >= 0.6 is 0 Å². The minimum absolute atomic E-state index is 0.101. The number of amides is 2. The van der Waals surface area contributed by atoms with Crippen molar-refractivity contribution in [2.45, 2.75) is 6.92 Å². The van der Waals surface area contributed by atoms with Gasteiger partial charge >= 0.3 is 0 Å². The average Bonchev–Trinajstić information content (AvgIpc) is 2.77. The lowest BCUT2D eigenvalue weighted by Crippen LogP contribution is -2.21. The zero-order valence-corrected chi connectivity index (χ0v) is 16.5. The smallest absolute Gasteiger partial charge is 0.273 e. The largest absolute Gasteiger partial charge is 0.484 e. The van der Waals surface area contributed by atoms with Crippen molar-refractivity contribution in [2.24, 2.45) is 5.10 Å². The van der Waals surface area contributed by atoms with Crippen molar-refractivity contribution in [1.82, 2.24) is 5.43 Å². The number of para-hydroxylation sites is 2. The number of carbonyl (C=O) groups excluding carboxylic acids is 2. The van der Waals surface area contributed by atoms with E-state index in [1.54, 1.807) is 61.5 Å². The molecule has 0 bridgehead atoms. The van der Waals surface area contributed by atoms with E-state index in [1.807, 2.05) is 24.3 Å². The quantitative estimate of drug-likeness (QED) is 0.320. The van der Waals surface area contributed by atoms with Gasteiger partial charge in [0.15, 0.2) is 6.61 Å². The maximum atomic E-state index is 12.2. The number of nitrogens with two attached hydrogens (primary N) is 1. The number of nitrogen functional groups attached to an aromatic ring is 1. The van der Waals surface area contributed by atoms with Gasteiger partial charge in [0.2, 0.25) is 0 Å². The molecule has 0 aliphatic carbocycles. The molecule has 4 N–H and O–H groups in total. The second-order valence-electron chi connectivity index (χ2n) is 6.46. The highest BCUT2D eigenvalue weighted by atomic mass is 16.5. The number of nitrogens with zero attached hydrogens (tertiary/aromatic N) is 1. The van der Waals surface area contributed by atoms with Gasteiger partial charge in [-0.05, 0) is 48.9 Å². The van der Waals surface area contributed by atoms with Crippen LogP contribution in [0.25, 0.3) is 0 Å². The molecule has 7 nitrogen and oxygen atoms in total. The van der Waals surface area contributed by atoms with E-state index in [0.717, 1.165) is 5.56 Å². The number of hydrogen-bond donors (Lipinski definition) is 3. The summed E-state index contributed by atoms with van der Waals surface area (Å²) in [7, 11) is 0. The number of hydrazone groups is 1. The molecule has 0 aromatic heterocycles. The van der Waals surface area contributed by atoms with E-state index in [1.165, 1.54) is 0 Å². The van der Waals surface area contributed by atoms with Crippen LogP contribution in [0.15, 0.2) is 84.0 Å². The Kier molecular flexibility index (Phi) is 6.78. The van der Waals surface area contributed by atoms with Gasteiger partial charge in [0, 0.05) is 11.4 Å². The topological polar surface area (TPSA) is 106 Å². The van der Waals surface area contributed by atoms with Crippen LogP contribution in [0.4, 0.5) is 11.4 Å². The number of ether oxygens (including phenoxy) is 1. The maximum Gasteiger partial charge on any atom is 0.273 e. The molecule has 0 fully saturated rings. The van der Waals surface area contributed by atoms with E-state index in [2.05, 4.69) is 15.8 Å². The van der Waals surface area contributed by atoms with Crippen LogP contribution in [0.1, 0.15) is 22.8 Å². The molecule has 0 radical (unpaired) electrons. The summed E-state index contributed by atoms with van der Waals surface area (Å²) in [6, 6.07) is 23.0. The first-order valence-corrected chi connectivity index (χ1v) is 9.30. The van der Waals surface area contributed by atoms with Gasteiger partial charge in [0.25, 0.3) is 11.8 Å². The molecular formula is C23H22N4O3. The number of benzene rings is 3. The molecule has 152 valence electrons.